The number of hydrogen-bond donors (Lipinski definition) is 1. The summed E-state index contributed by atoms with van der Waals surface area (Å²) >= 11 is 3.23. The molecule has 0 radical (unpaired) electrons. The third-order valence-electron chi connectivity index (χ3n) is 3.75. The summed E-state index contributed by atoms with van der Waals surface area (Å²) in [5.41, 5.74) is 6.62. The molecule has 0 amide bonds. The Morgan fingerprint density at radius 1 is 1.47 bits per heavy atom. The molecule has 6 heteroatoms. The lowest BCUT2D eigenvalue weighted by Gasteiger charge is -2.21. The number of sulfone groups is 1. The van der Waals surface area contributed by atoms with E-state index in [0.717, 1.165) is 5.56 Å². The molecule has 1 aliphatic rings. The molecule has 0 bridgehead atoms. The van der Waals surface area contributed by atoms with Gasteiger partial charge in [-0.25, -0.2) is 12.8 Å². The summed E-state index contributed by atoms with van der Waals surface area (Å²) in [7, 11) is -2.90. The van der Waals surface area contributed by atoms with E-state index in [2.05, 4.69) is 15.9 Å². The van der Waals surface area contributed by atoms with E-state index in [1.807, 2.05) is 6.07 Å². The second kappa shape index (κ2) is 5.89. The highest BCUT2D eigenvalue weighted by Gasteiger charge is 2.33. The first-order valence-corrected chi connectivity index (χ1v) is 8.88. The van der Waals surface area contributed by atoms with Gasteiger partial charge in [-0.3, -0.25) is 0 Å². The Bertz CT molecular complexity index is 562. The summed E-state index contributed by atoms with van der Waals surface area (Å²) in [6.45, 7) is 0.420. The predicted molar refractivity (Wildman–Crippen MR) is 77.1 cm³/mol. The maximum absolute atomic E-state index is 13.5. The van der Waals surface area contributed by atoms with E-state index in [9.17, 15) is 12.8 Å². The number of nitrogens with two attached hydrogens (primary N) is 1. The molecule has 19 heavy (non-hydrogen) atoms. The Kier molecular flexibility index (Phi) is 4.63. The molecule has 1 aromatic carbocycles. The third kappa shape index (κ3) is 3.55. The maximum atomic E-state index is 13.5. The van der Waals surface area contributed by atoms with Gasteiger partial charge in [-0.1, -0.05) is 12.1 Å². The molecule has 2 unspecified atom stereocenters. The standard InChI is InChI=1S/C13H17BrFNO2S/c14-13-9(2-1-3-12(13)15)6-11(7-16)10-4-5-19(17,18)8-10/h1-3,10-11H,4-8,16H2. The van der Waals surface area contributed by atoms with Crippen LogP contribution in [0.1, 0.15) is 12.0 Å². The fraction of sp³-hybridized carbons (Fsp3) is 0.538. The van der Waals surface area contributed by atoms with E-state index < -0.39 is 9.84 Å². The highest BCUT2D eigenvalue weighted by Crippen LogP contribution is 2.30. The average Bonchev–Trinajstić information content (AvgIpc) is 2.71. The SMILES string of the molecule is NCC(Cc1cccc(F)c1Br)C1CCS(=O)(=O)C1. The minimum absolute atomic E-state index is 0.0791. The second-order valence-electron chi connectivity index (χ2n) is 5.08. The van der Waals surface area contributed by atoms with Gasteiger partial charge in [0.25, 0.3) is 0 Å². The van der Waals surface area contributed by atoms with Crippen molar-refractivity contribution in [1.29, 1.82) is 0 Å². The molecule has 0 spiro atoms. The molecule has 2 atom stereocenters. The zero-order chi connectivity index (χ0) is 14.0. The number of benzene rings is 1. The molecule has 1 saturated heterocycles. The van der Waals surface area contributed by atoms with Crippen LogP contribution < -0.4 is 5.73 Å². The van der Waals surface area contributed by atoms with Crippen molar-refractivity contribution in [3.8, 4) is 0 Å². The Labute approximate surface area is 121 Å². The van der Waals surface area contributed by atoms with Crippen LogP contribution in [-0.4, -0.2) is 26.5 Å². The predicted octanol–water partition coefficient (Wildman–Crippen LogP) is 2.14. The van der Waals surface area contributed by atoms with Gasteiger partial charge in [-0.05, 0) is 58.8 Å². The van der Waals surface area contributed by atoms with Gasteiger partial charge in [0.2, 0.25) is 0 Å². The molecule has 0 saturated carbocycles. The lowest BCUT2D eigenvalue weighted by molar-refractivity contribution is 0.369. The zero-order valence-corrected chi connectivity index (χ0v) is 12.9. The van der Waals surface area contributed by atoms with Crippen LogP contribution >= 0.6 is 15.9 Å². The molecule has 2 N–H and O–H groups in total. The van der Waals surface area contributed by atoms with Gasteiger partial charge in [-0.2, -0.15) is 0 Å². The van der Waals surface area contributed by atoms with Crippen LogP contribution in [0.4, 0.5) is 4.39 Å². The van der Waals surface area contributed by atoms with E-state index >= 15 is 0 Å². The van der Waals surface area contributed by atoms with Gasteiger partial charge in [0.05, 0.1) is 16.0 Å². The number of hydrogen-bond acceptors (Lipinski definition) is 3. The summed E-state index contributed by atoms with van der Waals surface area (Å²) < 4.78 is 37.0. The summed E-state index contributed by atoms with van der Waals surface area (Å²) in [6, 6.07) is 4.90. The normalized spacial score (nSPS) is 23.4. The summed E-state index contributed by atoms with van der Waals surface area (Å²) in [5, 5.41) is 0. The van der Waals surface area contributed by atoms with Crippen LogP contribution in [0, 0.1) is 17.7 Å². The number of halogens is 2. The van der Waals surface area contributed by atoms with Crippen molar-refractivity contribution in [1.82, 2.24) is 0 Å². The van der Waals surface area contributed by atoms with Crippen LogP contribution in [0.25, 0.3) is 0 Å². The van der Waals surface area contributed by atoms with Crippen molar-refractivity contribution in [3.05, 3.63) is 34.1 Å². The van der Waals surface area contributed by atoms with E-state index in [1.165, 1.54) is 6.07 Å². The quantitative estimate of drug-likeness (QED) is 0.905. The van der Waals surface area contributed by atoms with E-state index in [4.69, 9.17) is 5.73 Å². The molecule has 1 heterocycles. The average molecular weight is 350 g/mol. The van der Waals surface area contributed by atoms with Gasteiger partial charge >= 0.3 is 0 Å². The first-order valence-electron chi connectivity index (χ1n) is 6.26. The van der Waals surface area contributed by atoms with Crippen LogP contribution in [0.3, 0.4) is 0 Å². The molecular formula is C13H17BrFNO2S. The summed E-state index contributed by atoms with van der Waals surface area (Å²) in [4.78, 5) is 0. The molecule has 1 fully saturated rings. The molecule has 0 aromatic heterocycles. The third-order valence-corrected chi connectivity index (χ3v) is 6.43. The lowest BCUT2D eigenvalue weighted by Crippen LogP contribution is -2.26. The Morgan fingerprint density at radius 3 is 2.79 bits per heavy atom. The highest BCUT2D eigenvalue weighted by atomic mass is 79.9. The Hall–Kier alpha value is -0.460. The fourth-order valence-electron chi connectivity index (χ4n) is 2.63. The molecule has 3 nitrogen and oxygen atoms in total. The molecule has 1 aromatic rings. The Balaban J connectivity index is 2.14. The maximum Gasteiger partial charge on any atom is 0.150 e. The van der Waals surface area contributed by atoms with Crippen LogP contribution in [0.15, 0.2) is 22.7 Å². The molecule has 2 rings (SSSR count). The van der Waals surface area contributed by atoms with E-state index in [1.54, 1.807) is 6.07 Å². The fourth-order valence-corrected chi connectivity index (χ4v) is 4.97. The lowest BCUT2D eigenvalue weighted by atomic mass is 9.86. The Morgan fingerprint density at radius 2 is 2.21 bits per heavy atom. The first-order chi connectivity index (χ1) is 8.93. The van der Waals surface area contributed by atoms with Crippen molar-refractivity contribution in [2.75, 3.05) is 18.1 Å². The van der Waals surface area contributed by atoms with Crippen LogP contribution in [0.5, 0.6) is 0 Å². The monoisotopic (exact) mass is 349 g/mol. The number of rotatable bonds is 4. The molecule has 106 valence electrons. The van der Waals surface area contributed by atoms with Crippen molar-refractivity contribution in [3.63, 3.8) is 0 Å². The van der Waals surface area contributed by atoms with Gasteiger partial charge in [0, 0.05) is 0 Å². The zero-order valence-electron chi connectivity index (χ0n) is 10.5. The minimum atomic E-state index is -2.90. The molecule has 0 aliphatic carbocycles. The van der Waals surface area contributed by atoms with Gasteiger partial charge in [-0.15, -0.1) is 0 Å². The van der Waals surface area contributed by atoms with Crippen molar-refractivity contribution in [2.24, 2.45) is 17.6 Å². The van der Waals surface area contributed by atoms with E-state index in [-0.39, 0.29) is 29.2 Å². The molecular weight excluding hydrogens is 333 g/mol. The second-order valence-corrected chi connectivity index (χ2v) is 8.10. The van der Waals surface area contributed by atoms with Gasteiger partial charge in [0.1, 0.15) is 5.82 Å². The first kappa shape index (κ1) is 14.9. The van der Waals surface area contributed by atoms with Crippen molar-refractivity contribution in [2.45, 2.75) is 12.8 Å². The van der Waals surface area contributed by atoms with Crippen LogP contribution in [0.2, 0.25) is 0 Å². The largest absolute Gasteiger partial charge is 0.330 e. The van der Waals surface area contributed by atoms with E-state index in [0.29, 0.717) is 23.9 Å². The minimum Gasteiger partial charge on any atom is -0.330 e. The van der Waals surface area contributed by atoms with Gasteiger partial charge in [0.15, 0.2) is 9.84 Å². The summed E-state index contributed by atoms with van der Waals surface area (Å²) in [5.74, 6) is 0.327. The van der Waals surface area contributed by atoms with Crippen molar-refractivity contribution >= 4 is 25.8 Å². The van der Waals surface area contributed by atoms with Crippen LogP contribution in [-0.2, 0) is 16.3 Å². The van der Waals surface area contributed by atoms with Crippen molar-refractivity contribution < 1.29 is 12.8 Å². The smallest absolute Gasteiger partial charge is 0.150 e. The topological polar surface area (TPSA) is 60.2 Å². The summed E-state index contributed by atoms with van der Waals surface area (Å²) in [6.07, 6.45) is 1.27. The highest BCUT2D eigenvalue weighted by molar-refractivity contribution is 9.10. The van der Waals surface area contributed by atoms with Gasteiger partial charge < -0.3 is 5.73 Å². The molecule has 1 aliphatic heterocycles.